The molecule has 18 heavy (non-hydrogen) atoms. The van der Waals surface area contributed by atoms with Crippen LogP contribution >= 0.6 is 11.3 Å². The summed E-state index contributed by atoms with van der Waals surface area (Å²) in [5.41, 5.74) is 1.60. The standard InChI is InChI=1S/C15H15FOS/c1-4-12-5-6-13(18-12)15(17)11-7-9(2)14(16)10(3)8-11/h5-8H,4H2,1-3H3. The second-order valence-corrected chi connectivity index (χ2v) is 5.54. The van der Waals surface area contributed by atoms with E-state index in [4.69, 9.17) is 0 Å². The molecule has 94 valence electrons. The zero-order chi connectivity index (χ0) is 13.3. The van der Waals surface area contributed by atoms with Crippen LogP contribution in [0.3, 0.4) is 0 Å². The fraction of sp³-hybridized carbons (Fsp3) is 0.267. The number of rotatable bonds is 3. The maximum atomic E-state index is 13.5. The summed E-state index contributed by atoms with van der Waals surface area (Å²) < 4.78 is 13.5. The van der Waals surface area contributed by atoms with Crippen LogP contribution < -0.4 is 0 Å². The van der Waals surface area contributed by atoms with Gasteiger partial charge in [-0.2, -0.15) is 0 Å². The highest BCUT2D eigenvalue weighted by Gasteiger charge is 2.14. The Morgan fingerprint density at radius 1 is 1.22 bits per heavy atom. The third-order valence-electron chi connectivity index (χ3n) is 2.93. The molecule has 1 heterocycles. The first-order chi connectivity index (χ1) is 8.52. The topological polar surface area (TPSA) is 17.1 Å². The van der Waals surface area contributed by atoms with Crippen molar-refractivity contribution in [2.24, 2.45) is 0 Å². The first-order valence-corrected chi connectivity index (χ1v) is 6.74. The fourth-order valence-electron chi connectivity index (χ4n) is 1.91. The maximum Gasteiger partial charge on any atom is 0.202 e. The van der Waals surface area contributed by atoms with Crippen LogP contribution in [-0.4, -0.2) is 5.78 Å². The molecule has 2 rings (SSSR count). The molecule has 0 aliphatic heterocycles. The molecule has 0 radical (unpaired) electrons. The molecule has 3 heteroatoms. The second kappa shape index (κ2) is 5.02. The van der Waals surface area contributed by atoms with E-state index in [1.807, 2.05) is 12.1 Å². The van der Waals surface area contributed by atoms with Gasteiger partial charge in [-0.3, -0.25) is 4.79 Å². The van der Waals surface area contributed by atoms with Crippen LogP contribution in [0.25, 0.3) is 0 Å². The number of carbonyl (C=O) groups excluding carboxylic acids is 1. The number of thiophene rings is 1. The third-order valence-corrected chi connectivity index (χ3v) is 4.16. The van der Waals surface area contributed by atoms with Crippen molar-refractivity contribution in [3.05, 3.63) is 56.5 Å². The van der Waals surface area contributed by atoms with E-state index in [-0.39, 0.29) is 11.6 Å². The number of hydrogen-bond donors (Lipinski definition) is 0. The smallest absolute Gasteiger partial charge is 0.202 e. The monoisotopic (exact) mass is 262 g/mol. The summed E-state index contributed by atoms with van der Waals surface area (Å²) in [7, 11) is 0. The van der Waals surface area contributed by atoms with Crippen LogP contribution in [0, 0.1) is 19.7 Å². The van der Waals surface area contributed by atoms with Gasteiger partial charge in [0.15, 0.2) is 0 Å². The average molecular weight is 262 g/mol. The Hall–Kier alpha value is -1.48. The summed E-state index contributed by atoms with van der Waals surface area (Å²) in [6.45, 7) is 5.43. The van der Waals surface area contributed by atoms with Crippen LogP contribution in [0.2, 0.25) is 0 Å². The summed E-state index contributed by atoms with van der Waals surface area (Å²) in [6.07, 6.45) is 0.930. The van der Waals surface area contributed by atoms with Crippen molar-refractivity contribution in [2.45, 2.75) is 27.2 Å². The van der Waals surface area contributed by atoms with Gasteiger partial charge in [-0.25, -0.2) is 4.39 Å². The van der Waals surface area contributed by atoms with E-state index < -0.39 is 0 Å². The molecular weight excluding hydrogens is 247 g/mol. The molecule has 0 fully saturated rings. The summed E-state index contributed by atoms with van der Waals surface area (Å²) in [5, 5.41) is 0. The van der Waals surface area contributed by atoms with Crippen molar-refractivity contribution in [3.63, 3.8) is 0 Å². The van der Waals surface area contributed by atoms with Gasteiger partial charge in [0.1, 0.15) is 5.82 Å². The van der Waals surface area contributed by atoms with Crippen LogP contribution in [0.15, 0.2) is 24.3 Å². The lowest BCUT2D eigenvalue weighted by molar-refractivity contribution is 0.104. The lowest BCUT2D eigenvalue weighted by Crippen LogP contribution is -2.01. The Balaban J connectivity index is 2.40. The van der Waals surface area contributed by atoms with Crippen molar-refractivity contribution in [1.29, 1.82) is 0 Å². The Labute approximate surface area is 110 Å². The molecule has 0 bridgehead atoms. The summed E-state index contributed by atoms with van der Waals surface area (Å²) in [5.74, 6) is -0.252. The number of hydrogen-bond acceptors (Lipinski definition) is 2. The highest BCUT2D eigenvalue weighted by molar-refractivity contribution is 7.14. The predicted molar refractivity (Wildman–Crippen MR) is 73.0 cm³/mol. The largest absolute Gasteiger partial charge is 0.288 e. The van der Waals surface area contributed by atoms with Gasteiger partial charge in [0, 0.05) is 10.4 Å². The van der Waals surface area contributed by atoms with Crippen LogP contribution in [-0.2, 0) is 6.42 Å². The van der Waals surface area contributed by atoms with Crippen LogP contribution in [0.5, 0.6) is 0 Å². The molecule has 0 unspecified atom stereocenters. The van der Waals surface area contributed by atoms with Crippen molar-refractivity contribution < 1.29 is 9.18 Å². The molecule has 1 aromatic heterocycles. The average Bonchev–Trinajstić information content (AvgIpc) is 2.83. The number of ketones is 1. The Bertz CT molecular complexity index is 575. The highest BCUT2D eigenvalue weighted by atomic mass is 32.1. The molecule has 0 aliphatic carbocycles. The van der Waals surface area contributed by atoms with E-state index in [2.05, 4.69) is 6.92 Å². The third kappa shape index (κ3) is 2.36. The maximum absolute atomic E-state index is 13.5. The molecule has 0 spiro atoms. The number of benzene rings is 1. The van der Waals surface area contributed by atoms with Crippen molar-refractivity contribution in [2.75, 3.05) is 0 Å². The van der Waals surface area contributed by atoms with Gasteiger partial charge in [-0.15, -0.1) is 11.3 Å². The number of aryl methyl sites for hydroxylation is 3. The van der Waals surface area contributed by atoms with Gasteiger partial charge in [0.2, 0.25) is 5.78 Å². The van der Waals surface area contributed by atoms with E-state index in [0.29, 0.717) is 16.7 Å². The van der Waals surface area contributed by atoms with Crippen LogP contribution in [0.1, 0.15) is 38.2 Å². The minimum absolute atomic E-state index is 0.0223. The van der Waals surface area contributed by atoms with Crippen molar-refractivity contribution in [3.8, 4) is 0 Å². The first kappa shape index (κ1) is 13.0. The Morgan fingerprint density at radius 2 is 1.83 bits per heavy atom. The lowest BCUT2D eigenvalue weighted by Gasteiger charge is -2.05. The number of carbonyl (C=O) groups is 1. The molecule has 1 aromatic carbocycles. The van der Waals surface area contributed by atoms with E-state index in [1.165, 1.54) is 16.2 Å². The van der Waals surface area contributed by atoms with Gasteiger partial charge < -0.3 is 0 Å². The van der Waals surface area contributed by atoms with Gasteiger partial charge in [0.05, 0.1) is 4.88 Å². The van der Waals surface area contributed by atoms with Crippen LogP contribution in [0.4, 0.5) is 4.39 Å². The van der Waals surface area contributed by atoms with E-state index in [0.717, 1.165) is 11.3 Å². The second-order valence-electron chi connectivity index (χ2n) is 4.37. The molecule has 1 nitrogen and oxygen atoms in total. The van der Waals surface area contributed by atoms with Gasteiger partial charge in [-0.05, 0) is 55.7 Å². The highest BCUT2D eigenvalue weighted by Crippen LogP contribution is 2.22. The summed E-state index contributed by atoms with van der Waals surface area (Å²) in [6, 6.07) is 7.06. The fourth-order valence-corrected chi connectivity index (χ4v) is 2.82. The summed E-state index contributed by atoms with van der Waals surface area (Å²) >= 11 is 1.51. The van der Waals surface area contributed by atoms with Crippen molar-refractivity contribution in [1.82, 2.24) is 0 Å². The molecular formula is C15H15FOS. The minimum atomic E-state index is -0.230. The molecule has 2 aromatic rings. The first-order valence-electron chi connectivity index (χ1n) is 5.93. The van der Waals surface area contributed by atoms with Gasteiger partial charge in [0.25, 0.3) is 0 Å². The SMILES string of the molecule is CCc1ccc(C(=O)c2cc(C)c(F)c(C)c2)s1. The Morgan fingerprint density at radius 3 is 2.33 bits per heavy atom. The van der Waals surface area contributed by atoms with Gasteiger partial charge in [-0.1, -0.05) is 6.92 Å². The molecule has 0 atom stereocenters. The molecule has 0 amide bonds. The molecule has 0 N–H and O–H groups in total. The minimum Gasteiger partial charge on any atom is -0.288 e. The van der Waals surface area contributed by atoms with E-state index in [1.54, 1.807) is 26.0 Å². The predicted octanol–water partition coefficient (Wildman–Crippen LogP) is 4.30. The van der Waals surface area contributed by atoms with Crippen molar-refractivity contribution >= 4 is 17.1 Å². The normalized spacial score (nSPS) is 10.7. The van der Waals surface area contributed by atoms with E-state index in [9.17, 15) is 9.18 Å². The quantitative estimate of drug-likeness (QED) is 0.754. The molecule has 0 saturated heterocycles. The molecule has 0 saturated carbocycles. The summed E-state index contributed by atoms with van der Waals surface area (Å²) in [4.78, 5) is 14.2. The zero-order valence-electron chi connectivity index (χ0n) is 10.7. The Kier molecular flexibility index (Phi) is 3.62. The number of halogens is 1. The molecule has 0 aliphatic rings. The van der Waals surface area contributed by atoms with E-state index >= 15 is 0 Å². The van der Waals surface area contributed by atoms with Gasteiger partial charge >= 0.3 is 0 Å². The lowest BCUT2D eigenvalue weighted by atomic mass is 10.0. The zero-order valence-corrected chi connectivity index (χ0v) is 11.5.